The standard InChI is InChI=1S/C19H30BrN/c1-5-18(6-2)12-19(13-18,14-21-11-15(3)4)16-7-9-17(20)10-8-16/h7-10,15,21H,5-6,11-14H2,1-4H3. The van der Waals surface area contributed by atoms with Crippen molar-refractivity contribution in [1.29, 1.82) is 0 Å². The lowest BCUT2D eigenvalue weighted by molar-refractivity contribution is 0.0126. The number of nitrogens with one attached hydrogen (secondary N) is 1. The van der Waals surface area contributed by atoms with Crippen molar-refractivity contribution in [1.82, 2.24) is 5.32 Å². The van der Waals surface area contributed by atoms with Crippen LogP contribution < -0.4 is 5.32 Å². The second kappa shape index (κ2) is 6.83. The molecule has 2 heteroatoms. The summed E-state index contributed by atoms with van der Waals surface area (Å²) in [7, 11) is 0. The molecule has 2 rings (SSSR count). The fourth-order valence-corrected chi connectivity index (χ4v) is 4.23. The quantitative estimate of drug-likeness (QED) is 0.680. The van der Waals surface area contributed by atoms with Crippen LogP contribution >= 0.6 is 15.9 Å². The molecule has 1 nitrogen and oxygen atoms in total. The third-order valence-corrected chi connectivity index (χ3v) is 5.93. The largest absolute Gasteiger partial charge is 0.316 e. The van der Waals surface area contributed by atoms with Crippen LogP contribution in [0.1, 0.15) is 58.9 Å². The Balaban J connectivity index is 2.14. The number of halogens is 1. The van der Waals surface area contributed by atoms with Gasteiger partial charge >= 0.3 is 0 Å². The van der Waals surface area contributed by atoms with E-state index in [0.717, 1.165) is 13.1 Å². The van der Waals surface area contributed by atoms with Crippen molar-refractivity contribution in [2.45, 2.75) is 58.8 Å². The van der Waals surface area contributed by atoms with Crippen LogP contribution in [0, 0.1) is 11.3 Å². The zero-order valence-electron chi connectivity index (χ0n) is 14.0. The van der Waals surface area contributed by atoms with Crippen molar-refractivity contribution in [3.05, 3.63) is 34.3 Å². The Kier molecular flexibility index (Phi) is 5.54. The van der Waals surface area contributed by atoms with Gasteiger partial charge in [0.1, 0.15) is 0 Å². The SMILES string of the molecule is CCC1(CC)CC(CNCC(C)C)(c2ccc(Br)cc2)C1. The third-order valence-electron chi connectivity index (χ3n) is 5.40. The Morgan fingerprint density at radius 1 is 1.10 bits per heavy atom. The van der Waals surface area contributed by atoms with Gasteiger partial charge in [-0.1, -0.05) is 68.6 Å². The molecule has 0 amide bonds. The first-order valence-corrected chi connectivity index (χ1v) is 9.21. The van der Waals surface area contributed by atoms with Crippen molar-refractivity contribution in [2.75, 3.05) is 13.1 Å². The lowest BCUT2D eigenvalue weighted by atomic mass is 9.48. The van der Waals surface area contributed by atoms with E-state index in [-0.39, 0.29) is 0 Å². The maximum Gasteiger partial charge on any atom is 0.0175 e. The van der Waals surface area contributed by atoms with Crippen LogP contribution in [0.15, 0.2) is 28.7 Å². The van der Waals surface area contributed by atoms with Gasteiger partial charge in [0.2, 0.25) is 0 Å². The van der Waals surface area contributed by atoms with E-state index in [2.05, 4.69) is 73.2 Å². The highest BCUT2D eigenvalue weighted by Gasteiger charge is 2.52. The summed E-state index contributed by atoms with van der Waals surface area (Å²) >= 11 is 3.56. The van der Waals surface area contributed by atoms with Crippen LogP contribution in [0.5, 0.6) is 0 Å². The molecule has 21 heavy (non-hydrogen) atoms. The Hall–Kier alpha value is -0.340. The van der Waals surface area contributed by atoms with Gasteiger partial charge in [-0.25, -0.2) is 0 Å². The molecule has 118 valence electrons. The highest BCUT2D eigenvalue weighted by molar-refractivity contribution is 9.10. The zero-order valence-corrected chi connectivity index (χ0v) is 15.6. The highest BCUT2D eigenvalue weighted by Crippen LogP contribution is 2.59. The molecule has 1 saturated carbocycles. The number of benzene rings is 1. The molecule has 0 atom stereocenters. The van der Waals surface area contributed by atoms with Gasteiger partial charge in [-0.2, -0.15) is 0 Å². The van der Waals surface area contributed by atoms with E-state index in [1.54, 1.807) is 0 Å². The van der Waals surface area contributed by atoms with Crippen LogP contribution in [-0.2, 0) is 5.41 Å². The molecule has 0 saturated heterocycles. The molecule has 0 aromatic heterocycles. The van der Waals surface area contributed by atoms with E-state index in [1.807, 2.05) is 0 Å². The minimum Gasteiger partial charge on any atom is -0.316 e. The Bertz CT molecular complexity index is 437. The first kappa shape index (κ1) is 17.0. The minimum atomic E-state index is 0.349. The first-order chi connectivity index (χ1) is 9.95. The summed E-state index contributed by atoms with van der Waals surface area (Å²) in [6.07, 6.45) is 5.29. The van der Waals surface area contributed by atoms with Gasteiger partial charge in [-0.05, 0) is 48.4 Å². The molecule has 1 aliphatic carbocycles. The zero-order chi connectivity index (χ0) is 15.5. The average Bonchev–Trinajstić information content (AvgIpc) is 2.42. The van der Waals surface area contributed by atoms with Crippen molar-refractivity contribution in [3.63, 3.8) is 0 Å². The molecule has 1 fully saturated rings. The lowest BCUT2D eigenvalue weighted by Crippen LogP contribution is -2.54. The number of hydrogen-bond acceptors (Lipinski definition) is 1. The lowest BCUT2D eigenvalue weighted by Gasteiger charge is -2.57. The van der Waals surface area contributed by atoms with Crippen molar-refractivity contribution >= 4 is 15.9 Å². The van der Waals surface area contributed by atoms with Gasteiger partial charge in [-0.3, -0.25) is 0 Å². The molecule has 1 aliphatic rings. The molecule has 0 aliphatic heterocycles. The van der Waals surface area contributed by atoms with Crippen LogP contribution in [-0.4, -0.2) is 13.1 Å². The summed E-state index contributed by atoms with van der Waals surface area (Å²) in [6.45, 7) is 11.5. The summed E-state index contributed by atoms with van der Waals surface area (Å²) in [6, 6.07) is 9.02. The number of hydrogen-bond donors (Lipinski definition) is 1. The minimum absolute atomic E-state index is 0.349. The number of rotatable bonds is 7. The smallest absolute Gasteiger partial charge is 0.0175 e. The molecule has 1 aromatic carbocycles. The fraction of sp³-hybridized carbons (Fsp3) is 0.684. The van der Waals surface area contributed by atoms with Gasteiger partial charge in [0.05, 0.1) is 0 Å². The third kappa shape index (κ3) is 3.71. The topological polar surface area (TPSA) is 12.0 Å². The molecular weight excluding hydrogens is 322 g/mol. The summed E-state index contributed by atoms with van der Waals surface area (Å²) in [4.78, 5) is 0. The predicted molar refractivity (Wildman–Crippen MR) is 95.8 cm³/mol. The van der Waals surface area contributed by atoms with Gasteiger partial charge < -0.3 is 5.32 Å². The van der Waals surface area contributed by atoms with E-state index in [1.165, 1.54) is 35.7 Å². The Labute approximate surface area is 139 Å². The van der Waals surface area contributed by atoms with Crippen LogP contribution in [0.4, 0.5) is 0 Å². The molecule has 1 N–H and O–H groups in total. The molecule has 0 bridgehead atoms. The second-order valence-corrected chi connectivity index (χ2v) is 8.29. The average molecular weight is 352 g/mol. The van der Waals surface area contributed by atoms with Gasteiger partial charge in [0.15, 0.2) is 0 Å². The van der Waals surface area contributed by atoms with E-state index in [0.29, 0.717) is 16.7 Å². The van der Waals surface area contributed by atoms with Gasteiger partial charge in [-0.15, -0.1) is 0 Å². The Morgan fingerprint density at radius 3 is 2.14 bits per heavy atom. The normalized spacial score (nSPS) is 19.5. The van der Waals surface area contributed by atoms with Crippen molar-refractivity contribution in [2.24, 2.45) is 11.3 Å². The molecular formula is C19H30BrN. The van der Waals surface area contributed by atoms with Crippen LogP contribution in [0.2, 0.25) is 0 Å². The van der Waals surface area contributed by atoms with E-state index < -0.39 is 0 Å². The predicted octanol–water partition coefficient (Wildman–Crippen LogP) is 5.53. The Morgan fingerprint density at radius 2 is 1.67 bits per heavy atom. The second-order valence-electron chi connectivity index (χ2n) is 7.37. The van der Waals surface area contributed by atoms with Crippen molar-refractivity contribution in [3.8, 4) is 0 Å². The van der Waals surface area contributed by atoms with Gasteiger partial charge in [0, 0.05) is 16.4 Å². The monoisotopic (exact) mass is 351 g/mol. The van der Waals surface area contributed by atoms with Crippen molar-refractivity contribution < 1.29 is 0 Å². The van der Waals surface area contributed by atoms with E-state index >= 15 is 0 Å². The fourth-order valence-electron chi connectivity index (χ4n) is 3.97. The molecule has 0 unspecified atom stereocenters. The first-order valence-electron chi connectivity index (χ1n) is 8.42. The maximum atomic E-state index is 3.71. The van der Waals surface area contributed by atoms with E-state index in [4.69, 9.17) is 0 Å². The molecule has 0 spiro atoms. The highest BCUT2D eigenvalue weighted by atomic mass is 79.9. The van der Waals surface area contributed by atoms with Crippen LogP contribution in [0.25, 0.3) is 0 Å². The summed E-state index contributed by atoms with van der Waals surface area (Å²) in [5.41, 5.74) is 2.44. The summed E-state index contributed by atoms with van der Waals surface area (Å²) < 4.78 is 1.17. The summed E-state index contributed by atoms with van der Waals surface area (Å²) in [5.74, 6) is 0.717. The molecule has 0 radical (unpaired) electrons. The molecule has 0 heterocycles. The van der Waals surface area contributed by atoms with Crippen LogP contribution in [0.3, 0.4) is 0 Å². The molecule has 1 aromatic rings. The van der Waals surface area contributed by atoms with Gasteiger partial charge in [0.25, 0.3) is 0 Å². The summed E-state index contributed by atoms with van der Waals surface area (Å²) in [5, 5.41) is 3.71. The van der Waals surface area contributed by atoms with E-state index in [9.17, 15) is 0 Å². The maximum absolute atomic E-state index is 3.71.